The lowest BCUT2D eigenvalue weighted by atomic mass is 10.1. The number of rotatable bonds is 8. The van der Waals surface area contributed by atoms with Gasteiger partial charge in [-0.25, -0.2) is 0 Å². The highest BCUT2D eigenvalue weighted by atomic mass is 35.5. The van der Waals surface area contributed by atoms with E-state index in [1.807, 2.05) is 25.1 Å². The zero-order valence-electron chi connectivity index (χ0n) is 16.7. The highest BCUT2D eigenvalue weighted by Crippen LogP contribution is 2.37. The van der Waals surface area contributed by atoms with Gasteiger partial charge in [0.2, 0.25) is 12.7 Å². The van der Waals surface area contributed by atoms with Crippen molar-refractivity contribution in [2.24, 2.45) is 0 Å². The normalized spacial score (nSPS) is 12.3. The fourth-order valence-electron chi connectivity index (χ4n) is 2.87. The van der Waals surface area contributed by atoms with Crippen LogP contribution in [-0.2, 0) is 11.3 Å². The summed E-state index contributed by atoms with van der Waals surface area (Å²) in [6.07, 6.45) is 4.08. The van der Waals surface area contributed by atoms with Crippen LogP contribution >= 0.6 is 11.6 Å². The molecule has 1 heterocycles. The van der Waals surface area contributed by atoms with Gasteiger partial charge in [0.15, 0.2) is 23.0 Å². The first-order chi connectivity index (χ1) is 14.0. The Morgan fingerprint density at radius 1 is 1.24 bits per heavy atom. The van der Waals surface area contributed by atoms with Crippen molar-refractivity contribution in [2.75, 3.05) is 27.6 Å². The molecule has 0 N–H and O–H groups in total. The fourth-order valence-corrected chi connectivity index (χ4v) is 3.14. The molecule has 1 aliphatic heterocycles. The maximum atomic E-state index is 12.5. The Morgan fingerprint density at radius 3 is 2.79 bits per heavy atom. The van der Waals surface area contributed by atoms with Crippen molar-refractivity contribution < 1.29 is 23.7 Å². The number of methoxy groups -OCH3 is 1. The van der Waals surface area contributed by atoms with Crippen LogP contribution in [0, 0.1) is 0 Å². The molecule has 0 aliphatic carbocycles. The number of hydrogen-bond acceptors (Lipinski definition) is 5. The van der Waals surface area contributed by atoms with Gasteiger partial charge < -0.3 is 23.8 Å². The lowest BCUT2D eigenvalue weighted by Crippen LogP contribution is -2.24. The van der Waals surface area contributed by atoms with E-state index in [4.69, 9.17) is 30.5 Å². The number of halogens is 1. The van der Waals surface area contributed by atoms with E-state index in [0.717, 1.165) is 23.3 Å². The van der Waals surface area contributed by atoms with Gasteiger partial charge in [-0.1, -0.05) is 24.6 Å². The van der Waals surface area contributed by atoms with E-state index in [2.05, 4.69) is 0 Å². The fraction of sp³-hybridized carbons (Fsp3) is 0.318. The SMILES string of the molecule is CCCOc1c(Cl)cc(/C=C/C(=O)N(C)Cc2ccc3c(c2)OCO3)cc1OC. The Balaban J connectivity index is 1.67. The summed E-state index contributed by atoms with van der Waals surface area (Å²) in [5, 5.41) is 0.443. The van der Waals surface area contributed by atoms with Crippen LogP contribution < -0.4 is 18.9 Å². The van der Waals surface area contributed by atoms with Crippen LogP contribution in [0.3, 0.4) is 0 Å². The minimum absolute atomic E-state index is 0.135. The second-order valence-corrected chi connectivity index (χ2v) is 7.01. The number of ether oxygens (including phenoxy) is 4. The van der Waals surface area contributed by atoms with E-state index in [1.54, 1.807) is 37.3 Å². The van der Waals surface area contributed by atoms with Gasteiger partial charge in [-0.3, -0.25) is 4.79 Å². The molecule has 0 aromatic heterocycles. The molecule has 0 bridgehead atoms. The Kier molecular flexibility index (Phi) is 6.88. The van der Waals surface area contributed by atoms with Crippen LogP contribution in [0.1, 0.15) is 24.5 Å². The van der Waals surface area contributed by atoms with E-state index in [1.165, 1.54) is 6.08 Å². The van der Waals surface area contributed by atoms with Crippen LogP contribution in [0.5, 0.6) is 23.0 Å². The van der Waals surface area contributed by atoms with Crippen molar-refractivity contribution in [1.29, 1.82) is 0 Å². The van der Waals surface area contributed by atoms with E-state index in [-0.39, 0.29) is 12.7 Å². The lowest BCUT2D eigenvalue weighted by Gasteiger charge is -2.15. The number of carbonyl (C=O) groups excluding carboxylic acids is 1. The quantitative estimate of drug-likeness (QED) is 0.590. The monoisotopic (exact) mass is 417 g/mol. The van der Waals surface area contributed by atoms with E-state index < -0.39 is 0 Å². The second-order valence-electron chi connectivity index (χ2n) is 6.60. The molecular weight excluding hydrogens is 394 g/mol. The molecule has 0 atom stereocenters. The number of nitrogens with zero attached hydrogens (tertiary/aromatic N) is 1. The Hall–Kier alpha value is -2.86. The summed E-state index contributed by atoms with van der Waals surface area (Å²) < 4.78 is 21.7. The summed E-state index contributed by atoms with van der Waals surface area (Å²) in [6, 6.07) is 9.19. The molecule has 0 radical (unpaired) electrons. The largest absolute Gasteiger partial charge is 0.493 e. The average Bonchev–Trinajstić information content (AvgIpc) is 3.18. The molecule has 0 saturated carbocycles. The molecular formula is C22H24ClNO5. The first-order valence-corrected chi connectivity index (χ1v) is 9.71. The van der Waals surface area contributed by atoms with Crippen molar-refractivity contribution in [3.63, 3.8) is 0 Å². The van der Waals surface area contributed by atoms with Gasteiger partial charge in [-0.05, 0) is 47.9 Å². The summed E-state index contributed by atoms with van der Waals surface area (Å²) in [5.74, 6) is 2.33. The van der Waals surface area contributed by atoms with Gasteiger partial charge in [0.25, 0.3) is 0 Å². The molecule has 0 fully saturated rings. The average molecular weight is 418 g/mol. The van der Waals surface area contributed by atoms with Gasteiger partial charge in [0.1, 0.15) is 0 Å². The molecule has 7 heteroatoms. The molecule has 2 aromatic carbocycles. The predicted octanol–water partition coefficient (Wildman–Crippen LogP) is 4.54. The molecule has 1 amide bonds. The zero-order valence-corrected chi connectivity index (χ0v) is 17.5. The number of hydrogen-bond donors (Lipinski definition) is 0. The van der Waals surface area contributed by atoms with E-state index >= 15 is 0 Å². The van der Waals surface area contributed by atoms with Gasteiger partial charge in [-0.15, -0.1) is 0 Å². The van der Waals surface area contributed by atoms with Crippen LogP contribution in [0.25, 0.3) is 6.08 Å². The Bertz CT molecular complexity index is 912. The van der Waals surface area contributed by atoms with Crippen LogP contribution in [0.15, 0.2) is 36.4 Å². The number of carbonyl (C=O) groups is 1. The maximum Gasteiger partial charge on any atom is 0.246 e. The molecule has 0 spiro atoms. The number of benzene rings is 2. The third kappa shape index (κ3) is 5.15. The predicted molar refractivity (Wildman–Crippen MR) is 112 cm³/mol. The highest BCUT2D eigenvalue weighted by Gasteiger charge is 2.15. The van der Waals surface area contributed by atoms with Crippen molar-refractivity contribution in [2.45, 2.75) is 19.9 Å². The maximum absolute atomic E-state index is 12.5. The van der Waals surface area contributed by atoms with Crippen molar-refractivity contribution in [3.05, 3.63) is 52.6 Å². The Morgan fingerprint density at radius 2 is 2.03 bits per heavy atom. The van der Waals surface area contributed by atoms with E-state index in [0.29, 0.717) is 35.4 Å². The summed E-state index contributed by atoms with van der Waals surface area (Å²) in [7, 11) is 3.30. The third-order valence-electron chi connectivity index (χ3n) is 4.35. The summed E-state index contributed by atoms with van der Waals surface area (Å²) in [5.41, 5.74) is 1.71. The number of likely N-dealkylation sites (N-methyl/N-ethyl adjacent to an activating group) is 1. The van der Waals surface area contributed by atoms with Crippen molar-refractivity contribution in [3.8, 4) is 23.0 Å². The van der Waals surface area contributed by atoms with Crippen LogP contribution in [0.4, 0.5) is 0 Å². The molecule has 2 aromatic rings. The summed E-state index contributed by atoms with van der Waals surface area (Å²) in [6.45, 7) is 3.25. The lowest BCUT2D eigenvalue weighted by molar-refractivity contribution is -0.125. The molecule has 3 rings (SSSR count). The first-order valence-electron chi connectivity index (χ1n) is 9.34. The van der Waals surface area contributed by atoms with Gasteiger partial charge >= 0.3 is 0 Å². The van der Waals surface area contributed by atoms with Gasteiger partial charge in [-0.2, -0.15) is 0 Å². The standard InChI is InChI=1S/C22H24ClNO5/c1-4-9-27-22-17(23)10-15(11-20(22)26-3)6-8-21(25)24(2)13-16-5-7-18-19(12-16)29-14-28-18/h5-8,10-12H,4,9,13-14H2,1-3H3/b8-6+. The smallest absolute Gasteiger partial charge is 0.246 e. The Labute approximate surface area is 175 Å². The van der Waals surface area contributed by atoms with Gasteiger partial charge in [0, 0.05) is 19.7 Å². The van der Waals surface area contributed by atoms with Crippen molar-refractivity contribution in [1.82, 2.24) is 4.90 Å². The zero-order chi connectivity index (χ0) is 20.8. The summed E-state index contributed by atoms with van der Waals surface area (Å²) in [4.78, 5) is 14.1. The van der Waals surface area contributed by atoms with Crippen LogP contribution in [-0.4, -0.2) is 38.4 Å². The second kappa shape index (κ2) is 9.56. The topological polar surface area (TPSA) is 57.2 Å². The van der Waals surface area contributed by atoms with Crippen LogP contribution in [0.2, 0.25) is 5.02 Å². The summed E-state index contributed by atoms with van der Waals surface area (Å²) >= 11 is 6.32. The highest BCUT2D eigenvalue weighted by molar-refractivity contribution is 6.32. The minimum atomic E-state index is -0.135. The molecule has 29 heavy (non-hydrogen) atoms. The van der Waals surface area contributed by atoms with E-state index in [9.17, 15) is 4.79 Å². The van der Waals surface area contributed by atoms with Gasteiger partial charge in [0.05, 0.1) is 18.7 Å². The number of fused-ring (bicyclic) bond motifs is 1. The molecule has 154 valence electrons. The molecule has 1 aliphatic rings. The molecule has 0 saturated heterocycles. The minimum Gasteiger partial charge on any atom is -0.493 e. The number of amides is 1. The molecule has 0 unspecified atom stereocenters. The third-order valence-corrected chi connectivity index (χ3v) is 4.63. The first kappa shape index (κ1) is 20.9. The molecule has 6 nitrogen and oxygen atoms in total. The van der Waals surface area contributed by atoms with Crippen molar-refractivity contribution >= 4 is 23.6 Å².